The lowest BCUT2D eigenvalue weighted by molar-refractivity contribution is 0.232. The van der Waals surface area contributed by atoms with Gasteiger partial charge in [-0.1, -0.05) is 173 Å². The maximum absolute atomic E-state index is 6.42. The van der Waals surface area contributed by atoms with Gasteiger partial charge in [0.2, 0.25) is 0 Å². The number of hydrogen-bond acceptors (Lipinski definition) is 2. The van der Waals surface area contributed by atoms with Crippen LogP contribution < -0.4 is 9.64 Å². The highest BCUT2D eigenvalue weighted by Crippen LogP contribution is 2.51. The fourth-order valence-electron chi connectivity index (χ4n) is 10.8. The molecule has 61 heavy (non-hydrogen) atoms. The largest absolute Gasteiger partial charge is 0.489 e. The third-order valence-electron chi connectivity index (χ3n) is 14.3. The Morgan fingerprint density at radius 1 is 0.574 bits per heavy atom. The van der Waals surface area contributed by atoms with Crippen LogP contribution in [0.4, 0.5) is 11.4 Å². The Kier molecular flexibility index (Phi) is 9.94. The molecule has 0 aromatic heterocycles. The van der Waals surface area contributed by atoms with Crippen molar-refractivity contribution in [1.29, 1.82) is 0 Å². The second-order valence-electron chi connectivity index (χ2n) is 18.1. The first-order valence-electron chi connectivity index (χ1n) is 21.9. The molecule has 0 N–H and O–H groups in total. The van der Waals surface area contributed by atoms with E-state index in [9.17, 15) is 0 Å². The zero-order valence-electron chi connectivity index (χ0n) is 35.6. The number of allylic oxidation sites excluding steroid dienone is 2. The van der Waals surface area contributed by atoms with Gasteiger partial charge in [0.1, 0.15) is 11.9 Å². The van der Waals surface area contributed by atoms with Crippen molar-refractivity contribution in [2.24, 2.45) is 5.92 Å². The molecule has 3 heteroatoms. The molecule has 2 nitrogen and oxygen atoms in total. The van der Waals surface area contributed by atoms with E-state index in [2.05, 4.69) is 215 Å². The summed E-state index contributed by atoms with van der Waals surface area (Å²) in [6.07, 6.45) is 8.32. The highest BCUT2D eigenvalue weighted by Gasteiger charge is 2.37. The standard InChI is InChI=1S/C58H51NO.HI/c1-36-32-42(48-20-13-19-46-37(2)38(3)60-57(46)48)26-31-56(36)59(44-15-7-6-8-16-44)45-27-22-39(23-28-45)40-24-29-49-52(34-41-14-9-10-17-47(41)53(49)33-40)43-25-30-51-50-18-11-12-21-54(50)58(4,5)55(51)35-43;/h6-33,35-38,52,56H,34H2,1-5H3;1H. The number of hydrogen-bond donors (Lipinski definition) is 0. The van der Waals surface area contributed by atoms with Crippen LogP contribution in [0.25, 0.3) is 39.0 Å². The normalized spacial score (nSPS) is 21.1. The quantitative estimate of drug-likeness (QED) is 0.154. The van der Waals surface area contributed by atoms with Crippen molar-refractivity contribution in [3.8, 4) is 39.1 Å². The Balaban J connectivity index is 0.00000445. The van der Waals surface area contributed by atoms with E-state index in [4.69, 9.17) is 4.74 Å². The fraction of sp³-hybridized carbons (Fsp3) is 0.207. The summed E-state index contributed by atoms with van der Waals surface area (Å²) in [5.41, 5.74) is 21.1. The summed E-state index contributed by atoms with van der Waals surface area (Å²) in [6, 6.07) is 59.3. The third-order valence-corrected chi connectivity index (χ3v) is 14.3. The van der Waals surface area contributed by atoms with Crippen molar-refractivity contribution in [2.45, 2.75) is 70.4 Å². The van der Waals surface area contributed by atoms with Crippen molar-refractivity contribution in [3.63, 3.8) is 0 Å². The molecule has 0 fully saturated rings. The van der Waals surface area contributed by atoms with Gasteiger partial charge in [0.25, 0.3) is 0 Å². The molecular formula is C58H52INO. The highest BCUT2D eigenvalue weighted by atomic mass is 127. The van der Waals surface area contributed by atoms with Gasteiger partial charge in [-0.15, -0.1) is 24.0 Å². The molecule has 5 unspecified atom stereocenters. The summed E-state index contributed by atoms with van der Waals surface area (Å²) >= 11 is 0. The number of ether oxygens (including phenoxy) is 1. The molecular weight excluding hydrogens is 854 g/mol. The van der Waals surface area contributed by atoms with E-state index in [1.165, 1.54) is 89.3 Å². The number of rotatable bonds is 6. The lowest BCUT2D eigenvalue weighted by Crippen LogP contribution is -2.35. The minimum atomic E-state index is -0.0240. The number of anilines is 2. The Hall–Kier alpha value is -5.65. The van der Waals surface area contributed by atoms with E-state index in [-0.39, 0.29) is 53.4 Å². The van der Waals surface area contributed by atoms with E-state index in [1.807, 2.05) is 0 Å². The third kappa shape index (κ3) is 6.50. The van der Waals surface area contributed by atoms with Gasteiger partial charge >= 0.3 is 0 Å². The van der Waals surface area contributed by atoms with Gasteiger partial charge in [0, 0.05) is 39.8 Å². The van der Waals surface area contributed by atoms with Crippen LogP contribution in [0.3, 0.4) is 0 Å². The predicted molar refractivity (Wildman–Crippen MR) is 266 cm³/mol. The van der Waals surface area contributed by atoms with Crippen molar-refractivity contribution in [1.82, 2.24) is 0 Å². The van der Waals surface area contributed by atoms with E-state index in [0.717, 1.165) is 12.2 Å². The van der Waals surface area contributed by atoms with Crippen LogP contribution in [0, 0.1) is 5.92 Å². The zero-order chi connectivity index (χ0) is 40.7. The Morgan fingerprint density at radius 2 is 1.26 bits per heavy atom. The molecule has 7 aromatic carbocycles. The molecule has 4 aliphatic rings. The molecule has 0 saturated heterocycles. The van der Waals surface area contributed by atoms with Gasteiger partial charge in [-0.05, 0) is 116 Å². The molecule has 1 heterocycles. The lowest BCUT2D eigenvalue weighted by Gasteiger charge is -2.37. The summed E-state index contributed by atoms with van der Waals surface area (Å²) in [4.78, 5) is 2.50. The first-order chi connectivity index (χ1) is 29.2. The van der Waals surface area contributed by atoms with Crippen LogP contribution >= 0.6 is 24.0 Å². The topological polar surface area (TPSA) is 12.5 Å². The SMILES string of the molecule is CC1C=C(c2cccc3c2OC(C)C3C)C=CC1N(c1ccccc1)c1ccc(-c2ccc3c(c2)-c2ccccc2CC3c2ccc3c(c2)C(C)(C)c2ccccc2-3)cc1.I. The van der Waals surface area contributed by atoms with E-state index >= 15 is 0 Å². The second kappa shape index (κ2) is 15.4. The van der Waals surface area contributed by atoms with Gasteiger partial charge in [-0.25, -0.2) is 0 Å². The molecule has 7 aromatic rings. The average molecular weight is 906 g/mol. The van der Waals surface area contributed by atoms with E-state index < -0.39 is 0 Å². The molecule has 0 amide bonds. The Labute approximate surface area is 378 Å². The number of para-hydroxylation sites is 2. The molecule has 0 bridgehead atoms. The van der Waals surface area contributed by atoms with Gasteiger partial charge in [-0.3, -0.25) is 0 Å². The first-order valence-corrected chi connectivity index (χ1v) is 21.9. The summed E-state index contributed by atoms with van der Waals surface area (Å²) < 4.78 is 6.42. The van der Waals surface area contributed by atoms with Crippen LogP contribution in [0.5, 0.6) is 5.75 Å². The first kappa shape index (κ1) is 39.5. The van der Waals surface area contributed by atoms with Crippen LogP contribution in [0.1, 0.15) is 85.4 Å². The summed E-state index contributed by atoms with van der Waals surface area (Å²) in [6.45, 7) is 11.6. The molecule has 0 spiro atoms. The number of halogens is 1. The Morgan fingerprint density at radius 3 is 2.07 bits per heavy atom. The maximum atomic E-state index is 6.42. The Bertz CT molecular complexity index is 2870. The fourth-order valence-corrected chi connectivity index (χ4v) is 10.8. The molecule has 0 saturated carbocycles. The summed E-state index contributed by atoms with van der Waals surface area (Å²) in [5.74, 6) is 2.00. The van der Waals surface area contributed by atoms with Gasteiger partial charge in [-0.2, -0.15) is 0 Å². The maximum Gasteiger partial charge on any atom is 0.131 e. The van der Waals surface area contributed by atoms with Crippen molar-refractivity contribution >= 4 is 40.9 Å². The number of nitrogens with zero attached hydrogens (tertiary/aromatic N) is 1. The predicted octanol–water partition coefficient (Wildman–Crippen LogP) is 15.3. The number of fused-ring (bicyclic) bond motifs is 7. The monoisotopic (exact) mass is 905 g/mol. The zero-order valence-corrected chi connectivity index (χ0v) is 37.9. The average Bonchev–Trinajstić information content (AvgIpc) is 3.71. The smallest absolute Gasteiger partial charge is 0.131 e. The van der Waals surface area contributed by atoms with Crippen LogP contribution in [0.15, 0.2) is 176 Å². The number of benzene rings is 7. The van der Waals surface area contributed by atoms with Crippen LogP contribution in [-0.4, -0.2) is 12.1 Å². The minimum Gasteiger partial charge on any atom is -0.489 e. The van der Waals surface area contributed by atoms with Gasteiger partial charge in [0.05, 0.1) is 6.04 Å². The van der Waals surface area contributed by atoms with Crippen LogP contribution in [-0.2, 0) is 11.8 Å². The summed E-state index contributed by atoms with van der Waals surface area (Å²) in [7, 11) is 0. The molecule has 5 atom stereocenters. The van der Waals surface area contributed by atoms with Crippen molar-refractivity contribution in [2.75, 3.05) is 4.90 Å². The highest BCUT2D eigenvalue weighted by molar-refractivity contribution is 14.0. The lowest BCUT2D eigenvalue weighted by atomic mass is 9.73. The molecule has 3 aliphatic carbocycles. The van der Waals surface area contributed by atoms with Gasteiger partial charge < -0.3 is 9.64 Å². The molecule has 0 radical (unpaired) electrons. The van der Waals surface area contributed by atoms with E-state index in [1.54, 1.807) is 0 Å². The molecule has 302 valence electrons. The van der Waals surface area contributed by atoms with E-state index in [0.29, 0.717) is 5.92 Å². The van der Waals surface area contributed by atoms with Crippen LogP contribution in [0.2, 0.25) is 0 Å². The van der Waals surface area contributed by atoms with Gasteiger partial charge in [0.15, 0.2) is 0 Å². The van der Waals surface area contributed by atoms with Crippen molar-refractivity contribution in [3.05, 3.63) is 215 Å². The minimum absolute atomic E-state index is 0. The molecule has 1 aliphatic heterocycles. The van der Waals surface area contributed by atoms with Crippen molar-refractivity contribution < 1.29 is 4.74 Å². The molecule has 11 rings (SSSR count). The summed E-state index contributed by atoms with van der Waals surface area (Å²) in [5, 5.41) is 0. The second-order valence-corrected chi connectivity index (χ2v) is 18.1.